The molecule has 1 unspecified atom stereocenters. The van der Waals surface area contributed by atoms with Crippen LogP contribution in [-0.4, -0.2) is 50.0 Å². The first kappa shape index (κ1) is 20.4. The van der Waals surface area contributed by atoms with Crippen LogP contribution in [0.15, 0.2) is 18.2 Å². The molecule has 0 bridgehead atoms. The Morgan fingerprint density at radius 2 is 2.04 bits per heavy atom. The van der Waals surface area contributed by atoms with Crippen LogP contribution in [0.3, 0.4) is 0 Å². The van der Waals surface area contributed by atoms with Crippen molar-refractivity contribution in [2.45, 2.75) is 33.6 Å². The smallest absolute Gasteiger partial charge is 0.338 e. The minimum absolute atomic E-state index is 0.0375. The molecule has 1 aromatic rings. The molecule has 8 heteroatoms. The molecule has 1 N–H and O–H groups in total. The van der Waals surface area contributed by atoms with Gasteiger partial charge in [0, 0.05) is 18.8 Å². The number of esters is 1. The van der Waals surface area contributed by atoms with Gasteiger partial charge in [0.25, 0.3) is 0 Å². The number of sulfonamides is 1. The van der Waals surface area contributed by atoms with E-state index in [1.807, 2.05) is 0 Å². The predicted octanol–water partition coefficient (Wildman–Crippen LogP) is 2.17. The number of aryl methyl sites for hydroxylation is 1. The highest BCUT2D eigenvalue weighted by molar-refractivity contribution is 7.89. The third-order valence-electron chi connectivity index (χ3n) is 4.51. The number of amides is 1. The van der Waals surface area contributed by atoms with Crippen LogP contribution in [-0.2, 0) is 19.6 Å². The van der Waals surface area contributed by atoms with Crippen molar-refractivity contribution in [1.82, 2.24) is 4.31 Å². The van der Waals surface area contributed by atoms with Crippen molar-refractivity contribution >= 4 is 27.6 Å². The maximum Gasteiger partial charge on any atom is 0.338 e. The van der Waals surface area contributed by atoms with E-state index in [4.69, 9.17) is 4.74 Å². The molecule has 7 nitrogen and oxygen atoms in total. The highest BCUT2D eigenvalue weighted by Crippen LogP contribution is 2.23. The summed E-state index contributed by atoms with van der Waals surface area (Å²) >= 11 is 0. The summed E-state index contributed by atoms with van der Waals surface area (Å²) in [6.45, 7) is 6.12. The van der Waals surface area contributed by atoms with Crippen LogP contribution in [0.25, 0.3) is 0 Å². The van der Waals surface area contributed by atoms with Gasteiger partial charge >= 0.3 is 5.97 Å². The van der Waals surface area contributed by atoms with E-state index in [1.54, 1.807) is 39.0 Å². The van der Waals surface area contributed by atoms with Gasteiger partial charge in [-0.1, -0.05) is 0 Å². The maximum absolute atomic E-state index is 12.6. The Morgan fingerprint density at radius 3 is 2.65 bits per heavy atom. The molecule has 1 aliphatic rings. The van der Waals surface area contributed by atoms with Gasteiger partial charge < -0.3 is 10.1 Å². The fraction of sp³-hybridized carbons (Fsp3) is 0.556. The summed E-state index contributed by atoms with van der Waals surface area (Å²) in [5, 5.41) is 2.86. The lowest BCUT2D eigenvalue weighted by Gasteiger charge is -2.31. The second kappa shape index (κ2) is 8.64. The van der Waals surface area contributed by atoms with Gasteiger partial charge in [-0.2, -0.15) is 0 Å². The summed E-state index contributed by atoms with van der Waals surface area (Å²) in [5.41, 5.74) is 1.79. The Morgan fingerprint density at radius 1 is 1.31 bits per heavy atom. The molecule has 1 aliphatic heterocycles. The van der Waals surface area contributed by atoms with E-state index in [0.717, 1.165) is 5.56 Å². The molecule has 0 spiro atoms. The van der Waals surface area contributed by atoms with E-state index in [-0.39, 0.29) is 24.1 Å². The number of ether oxygens (including phenoxy) is 1. The SMILES string of the molecule is CCOC(=O)c1ccc(NC(=O)C2CCCN(S(=O)(=O)CC)C2)c(C)c1. The van der Waals surface area contributed by atoms with Crippen molar-refractivity contribution in [3.8, 4) is 0 Å². The summed E-state index contributed by atoms with van der Waals surface area (Å²) in [6.07, 6.45) is 1.32. The number of nitrogens with zero attached hydrogens (tertiary/aromatic N) is 1. The molecule has 1 fully saturated rings. The fourth-order valence-corrected chi connectivity index (χ4v) is 4.15. The maximum atomic E-state index is 12.6. The second-order valence-electron chi connectivity index (χ2n) is 6.34. The average molecular weight is 382 g/mol. The molecule has 2 rings (SSSR count). The van der Waals surface area contributed by atoms with Gasteiger partial charge in [-0.3, -0.25) is 4.79 Å². The summed E-state index contributed by atoms with van der Waals surface area (Å²) in [7, 11) is -3.29. The number of hydrogen-bond donors (Lipinski definition) is 1. The minimum Gasteiger partial charge on any atom is -0.462 e. The van der Waals surface area contributed by atoms with Crippen LogP contribution < -0.4 is 5.32 Å². The van der Waals surface area contributed by atoms with Crippen LogP contribution in [0.5, 0.6) is 0 Å². The normalized spacial score (nSPS) is 18.3. The molecule has 1 amide bonds. The molecule has 1 aromatic carbocycles. The number of carbonyl (C=O) groups excluding carboxylic acids is 2. The molecule has 1 saturated heterocycles. The highest BCUT2D eigenvalue weighted by Gasteiger charge is 2.31. The van der Waals surface area contributed by atoms with Crippen molar-refractivity contribution < 1.29 is 22.7 Å². The molecule has 1 heterocycles. The summed E-state index contributed by atoms with van der Waals surface area (Å²) in [6, 6.07) is 4.94. The largest absolute Gasteiger partial charge is 0.462 e. The second-order valence-corrected chi connectivity index (χ2v) is 8.59. The number of carbonyl (C=O) groups is 2. The quantitative estimate of drug-likeness (QED) is 0.761. The summed E-state index contributed by atoms with van der Waals surface area (Å²) in [4.78, 5) is 24.3. The molecule has 0 aromatic heterocycles. The van der Waals surface area contributed by atoms with E-state index in [2.05, 4.69) is 5.32 Å². The fourth-order valence-electron chi connectivity index (χ4n) is 2.97. The van der Waals surface area contributed by atoms with Crippen LogP contribution in [0.1, 0.15) is 42.6 Å². The predicted molar refractivity (Wildman–Crippen MR) is 99.5 cm³/mol. The van der Waals surface area contributed by atoms with E-state index in [0.29, 0.717) is 37.2 Å². The number of benzene rings is 1. The molecular weight excluding hydrogens is 356 g/mol. The molecule has 26 heavy (non-hydrogen) atoms. The Labute approximate surface area is 154 Å². The molecule has 0 saturated carbocycles. The Balaban J connectivity index is 2.06. The molecule has 144 valence electrons. The van der Waals surface area contributed by atoms with Gasteiger partial charge in [0.2, 0.25) is 15.9 Å². The average Bonchev–Trinajstić information content (AvgIpc) is 2.63. The Hall–Kier alpha value is -1.93. The zero-order valence-electron chi connectivity index (χ0n) is 15.4. The number of piperidine rings is 1. The summed E-state index contributed by atoms with van der Waals surface area (Å²) in [5.74, 6) is -0.946. The molecule has 0 radical (unpaired) electrons. The monoisotopic (exact) mass is 382 g/mol. The zero-order valence-corrected chi connectivity index (χ0v) is 16.3. The van der Waals surface area contributed by atoms with Crippen molar-refractivity contribution in [2.75, 3.05) is 30.8 Å². The highest BCUT2D eigenvalue weighted by atomic mass is 32.2. The number of nitrogens with one attached hydrogen (secondary N) is 1. The van der Waals surface area contributed by atoms with Crippen LogP contribution in [0.4, 0.5) is 5.69 Å². The third-order valence-corrected chi connectivity index (χ3v) is 6.36. The van der Waals surface area contributed by atoms with Gasteiger partial charge in [-0.15, -0.1) is 0 Å². The van der Waals surface area contributed by atoms with Crippen LogP contribution >= 0.6 is 0 Å². The van der Waals surface area contributed by atoms with Crippen molar-refractivity contribution in [3.63, 3.8) is 0 Å². The molecule has 0 aliphatic carbocycles. The van der Waals surface area contributed by atoms with Crippen molar-refractivity contribution in [1.29, 1.82) is 0 Å². The van der Waals surface area contributed by atoms with Gasteiger partial charge in [-0.05, 0) is 57.4 Å². The van der Waals surface area contributed by atoms with Crippen LogP contribution in [0.2, 0.25) is 0 Å². The first-order valence-corrected chi connectivity index (χ1v) is 10.5. The zero-order chi connectivity index (χ0) is 19.3. The number of rotatable bonds is 6. The van der Waals surface area contributed by atoms with Crippen molar-refractivity contribution in [2.24, 2.45) is 5.92 Å². The molecule has 1 atom stereocenters. The first-order chi connectivity index (χ1) is 12.3. The lowest BCUT2D eigenvalue weighted by atomic mass is 9.98. The van der Waals surface area contributed by atoms with E-state index < -0.39 is 16.0 Å². The van der Waals surface area contributed by atoms with E-state index in [9.17, 15) is 18.0 Å². The third kappa shape index (κ3) is 4.82. The van der Waals surface area contributed by atoms with Crippen molar-refractivity contribution in [3.05, 3.63) is 29.3 Å². The van der Waals surface area contributed by atoms with Gasteiger partial charge in [0.1, 0.15) is 0 Å². The van der Waals surface area contributed by atoms with E-state index in [1.165, 1.54) is 4.31 Å². The lowest BCUT2D eigenvalue weighted by Crippen LogP contribution is -2.44. The Bertz CT molecular complexity index is 776. The van der Waals surface area contributed by atoms with Gasteiger partial charge in [-0.25, -0.2) is 17.5 Å². The lowest BCUT2D eigenvalue weighted by molar-refractivity contribution is -0.120. The minimum atomic E-state index is -3.29. The van der Waals surface area contributed by atoms with Gasteiger partial charge in [0.05, 0.1) is 23.8 Å². The van der Waals surface area contributed by atoms with E-state index >= 15 is 0 Å². The standard InChI is InChI=1S/C18H26N2O5S/c1-4-25-18(22)14-8-9-16(13(3)11-14)19-17(21)15-7-6-10-20(12-15)26(23,24)5-2/h8-9,11,15H,4-7,10,12H2,1-3H3,(H,19,21). The van der Waals surface area contributed by atoms with Crippen LogP contribution in [0, 0.1) is 12.8 Å². The Kier molecular flexibility index (Phi) is 6.77. The number of anilines is 1. The number of hydrogen-bond acceptors (Lipinski definition) is 5. The molecular formula is C18H26N2O5S. The van der Waals surface area contributed by atoms with Gasteiger partial charge in [0.15, 0.2) is 0 Å². The topological polar surface area (TPSA) is 92.8 Å². The summed E-state index contributed by atoms with van der Waals surface area (Å²) < 4.78 is 30.4. The first-order valence-electron chi connectivity index (χ1n) is 8.85.